The number of phenols is 1. The van der Waals surface area contributed by atoms with Crippen LogP contribution in [0.2, 0.25) is 0 Å². The lowest BCUT2D eigenvalue weighted by Gasteiger charge is -2.13. The summed E-state index contributed by atoms with van der Waals surface area (Å²) < 4.78 is 12.0. The minimum Gasteiger partial charge on any atom is -0.507 e. The van der Waals surface area contributed by atoms with E-state index in [2.05, 4.69) is 26.5 Å². The molecule has 0 bridgehead atoms. The molecule has 0 atom stereocenters. The first kappa shape index (κ1) is 20.4. The first-order valence-corrected chi connectivity index (χ1v) is 9.53. The Morgan fingerprint density at radius 1 is 1.14 bits per heavy atom. The third-order valence-electron chi connectivity index (χ3n) is 4.01. The molecule has 6 nitrogen and oxygen atoms in total. The van der Waals surface area contributed by atoms with E-state index >= 15 is 0 Å². The van der Waals surface area contributed by atoms with E-state index in [0.717, 1.165) is 5.56 Å². The van der Waals surface area contributed by atoms with Crippen molar-refractivity contribution in [2.45, 2.75) is 6.61 Å². The van der Waals surface area contributed by atoms with E-state index in [4.69, 9.17) is 9.47 Å². The summed E-state index contributed by atoms with van der Waals surface area (Å²) in [6, 6.07) is 19.6. The highest BCUT2D eigenvalue weighted by molar-refractivity contribution is 9.10. The van der Waals surface area contributed by atoms with Gasteiger partial charge in [0.15, 0.2) is 11.5 Å². The molecule has 7 heteroatoms. The van der Waals surface area contributed by atoms with Crippen LogP contribution in [-0.2, 0) is 6.61 Å². The average Bonchev–Trinajstić information content (AvgIpc) is 2.73. The largest absolute Gasteiger partial charge is 0.507 e. The summed E-state index contributed by atoms with van der Waals surface area (Å²) in [7, 11) is 1.55. The number of nitrogens with zero attached hydrogens (tertiary/aromatic N) is 1. The van der Waals surface area contributed by atoms with Gasteiger partial charge in [-0.15, -0.1) is 0 Å². The molecule has 0 saturated heterocycles. The summed E-state index contributed by atoms with van der Waals surface area (Å²) >= 11 is 3.49. The van der Waals surface area contributed by atoms with Crippen molar-refractivity contribution in [2.75, 3.05) is 7.11 Å². The Morgan fingerprint density at radius 2 is 1.86 bits per heavy atom. The molecule has 0 spiro atoms. The standard InChI is InChI=1S/C22H19BrN2O4/c1-28-20-12-16(13-24-25-22(27)17-9-5-6-10-19(17)26)11-18(23)21(20)29-14-15-7-3-2-4-8-15/h2-13,26H,14H2,1H3,(H,25,27). The number of amides is 1. The maximum atomic E-state index is 12.1. The van der Waals surface area contributed by atoms with Crippen molar-refractivity contribution in [1.29, 1.82) is 0 Å². The molecule has 2 N–H and O–H groups in total. The van der Waals surface area contributed by atoms with Gasteiger partial charge in [-0.25, -0.2) is 5.43 Å². The second-order valence-corrected chi connectivity index (χ2v) is 6.88. The summed E-state index contributed by atoms with van der Waals surface area (Å²) in [4.78, 5) is 12.1. The van der Waals surface area contributed by atoms with E-state index in [1.807, 2.05) is 30.3 Å². The number of carbonyl (C=O) groups excluding carboxylic acids is 1. The number of benzene rings is 3. The van der Waals surface area contributed by atoms with Crippen LogP contribution < -0.4 is 14.9 Å². The normalized spacial score (nSPS) is 10.7. The van der Waals surface area contributed by atoms with Crippen molar-refractivity contribution in [3.8, 4) is 17.2 Å². The zero-order chi connectivity index (χ0) is 20.6. The molecule has 0 fully saturated rings. The first-order chi connectivity index (χ1) is 14.1. The van der Waals surface area contributed by atoms with Crippen molar-refractivity contribution in [3.63, 3.8) is 0 Å². The Morgan fingerprint density at radius 3 is 2.59 bits per heavy atom. The van der Waals surface area contributed by atoms with Gasteiger partial charge < -0.3 is 14.6 Å². The molecular weight excluding hydrogens is 436 g/mol. The lowest BCUT2D eigenvalue weighted by molar-refractivity contribution is 0.0952. The molecule has 148 valence electrons. The van der Waals surface area contributed by atoms with Crippen LogP contribution in [0.15, 0.2) is 76.3 Å². The number of carbonyl (C=O) groups is 1. The quantitative estimate of drug-likeness (QED) is 0.406. The Hall–Kier alpha value is -3.32. The van der Waals surface area contributed by atoms with Crippen LogP contribution >= 0.6 is 15.9 Å². The minimum absolute atomic E-state index is 0.107. The highest BCUT2D eigenvalue weighted by atomic mass is 79.9. The highest BCUT2D eigenvalue weighted by Gasteiger charge is 2.12. The van der Waals surface area contributed by atoms with Crippen molar-refractivity contribution in [1.82, 2.24) is 5.43 Å². The van der Waals surface area contributed by atoms with Gasteiger partial charge in [0.05, 0.1) is 23.4 Å². The van der Waals surface area contributed by atoms with Crippen LogP contribution in [0, 0.1) is 0 Å². The number of methoxy groups -OCH3 is 1. The molecule has 0 aliphatic carbocycles. The molecule has 0 aromatic heterocycles. The number of phenolic OH excluding ortho intramolecular Hbond substituents is 1. The molecule has 29 heavy (non-hydrogen) atoms. The molecule has 0 unspecified atom stereocenters. The third kappa shape index (κ3) is 5.36. The lowest BCUT2D eigenvalue weighted by Crippen LogP contribution is -2.17. The molecule has 3 rings (SSSR count). The highest BCUT2D eigenvalue weighted by Crippen LogP contribution is 2.36. The van der Waals surface area contributed by atoms with Gasteiger partial charge in [0, 0.05) is 0 Å². The van der Waals surface area contributed by atoms with E-state index < -0.39 is 5.91 Å². The summed E-state index contributed by atoms with van der Waals surface area (Å²) in [5.74, 6) is 0.494. The van der Waals surface area contributed by atoms with Crippen LogP contribution in [0.1, 0.15) is 21.5 Å². The molecule has 0 aliphatic heterocycles. The van der Waals surface area contributed by atoms with E-state index in [9.17, 15) is 9.90 Å². The van der Waals surface area contributed by atoms with Crippen molar-refractivity contribution in [2.24, 2.45) is 5.10 Å². The fraction of sp³-hybridized carbons (Fsp3) is 0.0909. The number of rotatable bonds is 7. The zero-order valence-electron chi connectivity index (χ0n) is 15.6. The number of halogens is 1. The van der Waals surface area contributed by atoms with Gasteiger partial charge in [-0.1, -0.05) is 42.5 Å². The summed E-state index contributed by atoms with van der Waals surface area (Å²) in [6.45, 7) is 0.403. The maximum Gasteiger partial charge on any atom is 0.275 e. The fourth-order valence-corrected chi connectivity index (χ4v) is 3.15. The van der Waals surface area contributed by atoms with Gasteiger partial charge in [-0.2, -0.15) is 5.10 Å². The smallest absolute Gasteiger partial charge is 0.275 e. The Kier molecular flexibility index (Phi) is 6.86. The molecule has 0 aliphatic rings. The number of hydrogen-bond donors (Lipinski definition) is 2. The van der Waals surface area contributed by atoms with Gasteiger partial charge in [0.1, 0.15) is 12.4 Å². The van der Waals surface area contributed by atoms with Gasteiger partial charge in [0.2, 0.25) is 0 Å². The average molecular weight is 455 g/mol. The molecule has 0 heterocycles. The number of hydrazone groups is 1. The molecule has 0 saturated carbocycles. The van der Waals surface area contributed by atoms with Gasteiger partial charge >= 0.3 is 0 Å². The molecular formula is C22H19BrN2O4. The molecule has 3 aromatic carbocycles. The predicted molar refractivity (Wildman–Crippen MR) is 115 cm³/mol. The second-order valence-electron chi connectivity index (χ2n) is 6.02. The van der Waals surface area contributed by atoms with Gasteiger partial charge in [0.25, 0.3) is 5.91 Å². The Balaban J connectivity index is 1.70. The maximum absolute atomic E-state index is 12.1. The molecule has 0 radical (unpaired) electrons. The van der Waals surface area contributed by atoms with E-state index in [1.54, 1.807) is 31.4 Å². The fourth-order valence-electron chi connectivity index (χ4n) is 2.58. The third-order valence-corrected chi connectivity index (χ3v) is 4.60. The second kappa shape index (κ2) is 9.75. The lowest BCUT2D eigenvalue weighted by atomic mass is 10.2. The zero-order valence-corrected chi connectivity index (χ0v) is 17.2. The molecule has 1 amide bonds. The number of ether oxygens (including phenoxy) is 2. The van der Waals surface area contributed by atoms with Crippen LogP contribution in [0.4, 0.5) is 0 Å². The van der Waals surface area contributed by atoms with Crippen molar-refractivity contribution < 1.29 is 19.4 Å². The summed E-state index contributed by atoms with van der Waals surface area (Å²) in [5, 5.41) is 13.7. The van der Waals surface area contributed by atoms with E-state index in [1.165, 1.54) is 18.3 Å². The SMILES string of the molecule is COc1cc(C=NNC(=O)c2ccccc2O)cc(Br)c1OCc1ccccc1. The monoisotopic (exact) mass is 454 g/mol. The van der Waals surface area contributed by atoms with Crippen molar-refractivity contribution in [3.05, 3.63) is 87.9 Å². The van der Waals surface area contributed by atoms with Crippen LogP contribution in [-0.4, -0.2) is 24.3 Å². The summed E-state index contributed by atoms with van der Waals surface area (Å²) in [5.41, 5.74) is 4.27. The number of para-hydroxylation sites is 1. The van der Waals surface area contributed by atoms with Crippen LogP contribution in [0.25, 0.3) is 0 Å². The van der Waals surface area contributed by atoms with Crippen LogP contribution in [0.3, 0.4) is 0 Å². The van der Waals surface area contributed by atoms with Gasteiger partial charge in [-0.05, 0) is 51.3 Å². The molecule has 3 aromatic rings. The predicted octanol–water partition coefficient (Wildman–Crippen LogP) is 4.51. The van der Waals surface area contributed by atoms with Gasteiger partial charge in [-0.3, -0.25) is 4.79 Å². The number of nitrogens with one attached hydrogen (secondary N) is 1. The van der Waals surface area contributed by atoms with Crippen molar-refractivity contribution >= 4 is 28.1 Å². The van der Waals surface area contributed by atoms with Crippen LogP contribution in [0.5, 0.6) is 17.2 Å². The van der Waals surface area contributed by atoms with E-state index in [0.29, 0.717) is 28.1 Å². The first-order valence-electron chi connectivity index (χ1n) is 8.74. The topological polar surface area (TPSA) is 80.2 Å². The minimum atomic E-state index is -0.506. The number of aromatic hydroxyl groups is 1. The summed E-state index contributed by atoms with van der Waals surface area (Å²) in [6.07, 6.45) is 1.48. The Bertz CT molecular complexity index is 1020. The number of hydrogen-bond acceptors (Lipinski definition) is 5. The van der Waals surface area contributed by atoms with E-state index in [-0.39, 0.29) is 11.3 Å². The Labute approximate surface area is 176 Å².